The second-order valence-electron chi connectivity index (χ2n) is 13.4. The molecule has 2 heteroatoms. The summed E-state index contributed by atoms with van der Waals surface area (Å²) in [5, 5.41) is 0. The molecule has 1 aliphatic heterocycles. The van der Waals surface area contributed by atoms with E-state index in [0.29, 0.717) is 0 Å². The topological polar surface area (TPSA) is 6.48 Å². The molecule has 1 heterocycles. The maximum atomic E-state index is 2.40. The fraction of sp³-hybridized carbons (Fsp3) is 0.0870. The van der Waals surface area contributed by atoms with E-state index in [9.17, 15) is 0 Å². The number of rotatable bonds is 5. The highest BCUT2D eigenvalue weighted by Gasteiger charge is 2.35. The van der Waals surface area contributed by atoms with Crippen molar-refractivity contribution in [1.82, 2.24) is 0 Å². The van der Waals surface area contributed by atoms with Crippen LogP contribution in [0.4, 0.5) is 34.1 Å². The summed E-state index contributed by atoms with van der Waals surface area (Å²) in [5.41, 5.74) is 17.7. The third-order valence-electron chi connectivity index (χ3n) is 10.2. The Morgan fingerprint density at radius 3 is 1.88 bits per heavy atom. The third kappa shape index (κ3) is 4.56. The largest absolute Gasteiger partial charge is 0.310 e. The van der Waals surface area contributed by atoms with Crippen LogP contribution in [0.25, 0.3) is 22.3 Å². The van der Waals surface area contributed by atoms with Crippen LogP contribution < -0.4 is 9.80 Å². The molecular weight excluding hydrogens is 581 g/mol. The Bertz CT molecular complexity index is 2280. The van der Waals surface area contributed by atoms with Gasteiger partial charge in [-0.3, -0.25) is 0 Å². The Kier molecular flexibility index (Phi) is 6.58. The predicted octanol–water partition coefficient (Wildman–Crippen LogP) is 12.5. The van der Waals surface area contributed by atoms with Crippen LogP contribution in [0.15, 0.2) is 170 Å². The molecule has 0 amide bonds. The number of hydrogen-bond acceptors (Lipinski definition) is 2. The Balaban J connectivity index is 1.09. The first-order valence-electron chi connectivity index (χ1n) is 16.8. The molecule has 0 saturated carbocycles. The van der Waals surface area contributed by atoms with Gasteiger partial charge in [-0.25, -0.2) is 0 Å². The first kappa shape index (κ1) is 28.4. The summed E-state index contributed by atoms with van der Waals surface area (Å²) in [7, 11) is 0. The highest BCUT2D eigenvalue weighted by atomic mass is 15.2. The van der Waals surface area contributed by atoms with Gasteiger partial charge in [0.05, 0.1) is 0 Å². The van der Waals surface area contributed by atoms with Crippen molar-refractivity contribution in [3.63, 3.8) is 0 Å². The van der Waals surface area contributed by atoms with Crippen LogP contribution in [0.5, 0.6) is 0 Å². The van der Waals surface area contributed by atoms with E-state index in [2.05, 4.69) is 194 Å². The predicted molar refractivity (Wildman–Crippen MR) is 202 cm³/mol. The van der Waals surface area contributed by atoms with Crippen LogP contribution in [0.1, 0.15) is 36.1 Å². The van der Waals surface area contributed by atoms with Crippen molar-refractivity contribution in [3.8, 4) is 22.3 Å². The van der Waals surface area contributed by atoms with Crippen molar-refractivity contribution in [3.05, 3.63) is 192 Å². The van der Waals surface area contributed by atoms with E-state index in [-0.39, 0.29) is 5.41 Å². The summed E-state index contributed by atoms with van der Waals surface area (Å²) in [4.78, 5) is 4.78. The number of nitrogens with zero attached hydrogens (tertiary/aromatic N) is 2. The maximum absolute atomic E-state index is 2.40. The van der Waals surface area contributed by atoms with E-state index in [1.807, 2.05) is 0 Å². The minimum Gasteiger partial charge on any atom is -0.310 e. The zero-order valence-electron chi connectivity index (χ0n) is 27.3. The van der Waals surface area contributed by atoms with Gasteiger partial charge in [-0.05, 0) is 111 Å². The molecule has 0 fully saturated rings. The molecule has 2 aliphatic rings. The molecule has 0 spiro atoms. The minimum atomic E-state index is -0.0583. The molecule has 7 aromatic carbocycles. The van der Waals surface area contributed by atoms with Gasteiger partial charge >= 0.3 is 0 Å². The van der Waals surface area contributed by atoms with Crippen molar-refractivity contribution >= 4 is 34.1 Å². The summed E-state index contributed by atoms with van der Waals surface area (Å²) in [6, 6.07) is 62.0. The van der Waals surface area contributed by atoms with Gasteiger partial charge in [0.2, 0.25) is 0 Å². The van der Waals surface area contributed by atoms with Crippen LogP contribution in [-0.2, 0) is 11.8 Å². The molecule has 9 rings (SSSR count). The monoisotopic (exact) mass is 616 g/mol. The van der Waals surface area contributed by atoms with Gasteiger partial charge in [-0.15, -0.1) is 0 Å². The van der Waals surface area contributed by atoms with Gasteiger partial charge in [0, 0.05) is 46.0 Å². The van der Waals surface area contributed by atoms with Crippen LogP contribution in [0.3, 0.4) is 0 Å². The van der Waals surface area contributed by atoms with Crippen molar-refractivity contribution in [2.24, 2.45) is 0 Å². The first-order chi connectivity index (χ1) is 23.6. The molecule has 0 radical (unpaired) electrons. The second kappa shape index (κ2) is 11.1. The van der Waals surface area contributed by atoms with Gasteiger partial charge in [0.1, 0.15) is 0 Å². The summed E-state index contributed by atoms with van der Waals surface area (Å²) < 4.78 is 0. The molecule has 2 nitrogen and oxygen atoms in total. The Labute approximate surface area is 283 Å². The molecule has 0 aromatic heterocycles. The van der Waals surface area contributed by atoms with Gasteiger partial charge in [0.25, 0.3) is 0 Å². The quantitative estimate of drug-likeness (QED) is 0.190. The minimum absolute atomic E-state index is 0.0583. The molecule has 0 bridgehead atoms. The maximum Gasteiger partial charge on any atom is 0.0497 e. The summed E-state index contributed by atoms with van der Waals surface area (Å²) in [6.45, 7) is 4.69. The lowest BCUT2D eigenvalue weighted by molar-refractivity contribution is 0.660. The van der Waals surface area contributed by atoms with Crippen LogP contribution in [-0.4, -0.2) is 0 Å². The van der Waals surface area contributed by atoms with Crippen LogP contribution in [0.2, 0.25) is 0 Å². The standard InChI is InChI=1S/C46H36N2/c1-46(2)42-19-11-10-18-40(42)41-27-26-39(31-43(41)46)47(36-14-5-3-6-15-36)38-24-21-32(22-25-38)33-23-28-45-35(29-33)30-34-13-9-12-20-44(34)48(45)37-16-7-4-8-17-37/h3-29,31H,30H2,1-2H3. The molecule has 230 valence electrons. The fourth-order valence-electron chi connectivity index (χ4n) is 7.85. The van der Waals surface area contributed by atoms with Gasteiger partial charge in [-0.1, -0.05) is 117 Å². The Morgan fingerprint density at radius 1 is 0.458 bits per heavy atom. The molecule has 0 unspecified atom stereocenters. The van der Waals surface area contributed by atoms with Gasteiger partial charge in [-0.2, -0.15) is 0 Å². The SMILES string of the molecule is CC1(C)c2ccccc2-c2ccc(N(c3ccccc3)c3ccc(-c4ccc5c(c4)Cc4ccccc4N5c4ccccc4)cc3)cc21. The van der Waals surface area contributed by atoms with E-state index in [1.165, 1.54) is 67.3 Å². The smallest absolute Gasteiger partial charge is 0.0497 e. The average Bonchev–Trinajstić information content (AvgIpc) is 3.37. The third-order valence-corrected chi connectivity index (χ3v) is 10.2. The highest BCUT2D eigenvalue weighted by molar-refractivity contribution is 5.87. The molecule has 0 atom stereocenters. The summed E-state index contributed by atoms with van der Waals surface area (Å²) in [6.07, 6.45) is 0.918. The van der Waals surface area contributed by atoms with Crippen molar-refractivity contribution in [2.75, 3.05) is 9.80 Å². The van der Waals surface area contributed by atoms with Crippen LogP contribution >= 0.6 is 0 Å². The number of benzene rings is 7. The van der Waals surface area contributed by atoms with Crippen LogP contribution in [0, 0.1) is 0 Å². The number of para-hydroxylation sites is 3. The number of hydrogen-bond donors (Lipinski definition) is 0. The molecule has 48 heavy (non-hydrogen) atoms. The first-order valence-corrected chi connectivity index (χ1v) is 16.8. The molecular formula is C46H36N2. The fourth-order valence-corrected chi connectivity index (χ4v) is 7.85. The van der Waals surface area contributed by atoms with Gasteiger partial charge < -0.3 is 9.80 Å². The average molecular weight is 617 g/mol. The zero-order chi connectivity index (χ0) is 32.2. The number of fused-ring (bicyclic) bond motifs is 5. The van der Waals surface area contributed by atoms with Crippen molar-refractivity contribution < 1.29 is 0 Å². The van der Waals surface area contributed by atoms with E-state index in [4.69, 9.17) is 0 Å². The number of anilines is 6. The van der Waals surface area contributed by atoms with E-state index < -0.39 is 0 Å². The van der Waals surface area contributed by atoms with Crippen molar-refractivity contribution in [2.45, 2.75) is 25.7 Å². The van der Waals surface area contributed by atoms with E-state index in [1.54, 1.807) is 0 Å². The molecule has 0 saturated heterocycles. The lowest BCUT2D eigenvalue weighted by atomic mass is 9.82. The second-order valence-corrected chi connectivity index (χ2v) is 13.4. The molecule has 1 aliphatic carbocycles. The van der Waals surface area contributed by atoms with Gasteiger partial charge in [0.15, 0.2) is 0 Å². The lowest BCUT2D eigenvalue weighted by Gasteiger charge is -2.33. The van der Waals surface area contributed by atoms with E-state index >= 15 is 0 Å². The zero-order valence-corrected chi connectivity index (χ0v) is 27.3. The van der Waals surface area contributed by atoms with E-state index in [0.717, 1.165) is 17.8 Å². The summed E-state index contributed by atoms with van der Waals surface area (Å²) in [5.74, 6) is 0. The van der Waals surface area contributed by atoms with Crippen molar-refractivity contribution in [1.29, 1.82) is 0 Å². The Hall–Kier alpha value is -5.86. The molecule has 7 aromatic rings. The highest BCUT2D eigenvalue weighted by Crippen LogP contribution is 2.51. The summed E-state index contributed by atoms with van der Waals surface area (Å²) >= 11 is 0. The normalized spacial score (nSPS) is 13.7. The molecule has 0 N–H and O–H groups in total. The Morgan fingerprint density at radius 2 is 1.06 bits per heavy atom. The lowest BCUT2D eigenvalue weighted by Crippen LogP contribution is -2.18.